The molecule has 1 N–H and O–H groups in total. The number of amides is 2. The van der Waals surface area contributed by atoms with Crippen LogP contribution in [0.3, 0.4) is 0 Å². The van der Waals surface area contributed by atoms with Crippen molar-refractivity contribution in [3.63, 3.8) is 0 Å². The van der Waals surface area contributed by atoms with Crippen LogP contribution in [-0.2, 0) is 20.9 Å². The van der Waals surface area contributed by atoms with Gasteiger partial charge in [0.05, 0.1) is 7.11 Å². The first kappa shape index (κ1) is 32.9. The maximum Gasteiger partial charge on any atom is 0.410 e. The second kappa shape index (κ2) is 15.1. The topological polar surface area (TPSA) is 113 Å². The fourth-order valence-corrected chi connectivity index (χ4v) is 4.62. The van der Waals surface area contributed by atoms with Crippen LogP contribution in [0.4, 0.5) is 10.5 Å². The van der Waals surface area contributed by atoms with E-state index in [4.69, 9.17) is 23.7 Å². The second-order valence-corrected chi connectivity index (χ2v) is 11.5. The van der Waals surface area contributed by atoms with E-state index in [0.29, 0.717) is 54.4 Å². The molecule has 4 rings (SSSR count). The number of piperidine rings is 1. The number of para-hydroxylation sites is 1. The molecule has 0 bridgehead atoms. The average Bonchev–Trinajstić information content (AvgIpc) is 2.99. The minimum atomic E-state index is -0.523. The number of methoxy groups -OCH3 is 1. The Hall–Kier alpha value is -4.99. The van der Waals surface area contributed by atoms with Gasteiger partial charge in [-0.2, -0.15) is 0 Å². The molecule has 0 aliphatic carbocycles. The molecule has 3 aromatic rings. The molecule has 1 aliphatic rings. The molecule has 2 amide bonds. The van der Waals surface area contributed by atoms with E-state index in [1.54, 1.807) is 35.2 Å². The number of carbonyl (C=O) groups is 3. The number of likely N-dealkylation sites (tertiary alicyclic amines) is 1. The van der Waals surface area contributed by atoms with Crippen molar-refractivity contribution in [1.29, 1.82) is 0 Å². The van der Waals surface area contributed by atoms with Crippen molar-refractivity contribution in [2.45, 2.75) is 58.8 Å². The van der Waals surface area contributed by atoms with Crippen LogP contribution in [0.25, 0.3) is 6.08 Å². The van der Waals surface area contributed by atoms with Gasteiger partial charge in [0.25, 0.3) is 0 Å². The third-order valence-corrected chi connectivity index (χ3v) is 6.74. The minimum absolute atomic E-state index is 0.0194. The number of anilines is 1. The van der Waals surface area contributed by atoms with Crippen LogP contribution in [-0.4, -0.2) is 54.8 Å². The molecule has 1 heterocycles. The Kier molecular flexibility index (Phi) is 11.1. The Morgan fingerprint density at radius 1 is 0.933 bits per heavy atom. The van der Waals surface area contributed by atoms with Gasteiger partial charge < -0.3 is 33.9 Å². The predicted octanol–water partition coefficient (Wildman–Crippen LogP) is 6.63. The van der Waals surface area contributed by atoms with Gasteiger partial charge in [0.1, 0.15) is 29.8 Å². The van der Waals surface area contributed by atoms with Gasteiger partial charge in [0.2, 0.25) is 5.91 Å². The van der Waals surface area contributed by atoms with Crippen LogP contribution < -0.4 is 24.3 Å². The summed E-state index contributed by atoms with van der Waals surface area (Å²) in [5.41, 5.74) is 1.55. The van der Waals surface area contributed by atoms with E-state index in [1.165, 1.54) is 20.1 Å². The molecule has 10 heteroatoms. The molecular formula is C35H40N2O8. The molecule has 0 unspecified atom stereocenters. The molecular weight excluding hydrogens is 576 g/mol. The summed E-state index contributed by atoms with van der Waals surface area (Å²) in [6, 6.07) is 19.9. The van der Waals surface area contributed by atoms with Crippen molar-refractivity contribution in [3.8, 4) is 23.0 Å². The molecule has 45 heavy (non-hydrogen) atoms. The van der Waals surface area contributed by atoms with E-state index in [-0.39, 0.29) is 30.5 Å². The van der Waals surface area contributed by atoms with Crippen LogP contribution in [0.1, 0.15) is 51.7 Å². The second-order valence-electron chi connectivity index (χ2n) is 11.5. The van der Waals surface area contributed by atoms with Crippen molar-refractivity contribution in [2.24, 2.45) is 0 Å². The Morgan fingerprint density at radius 2 is 1.67 bits per heavy atom. The fraction of sp³-hybridized carbons (Fsp3) is 0.343. The lowest BCUT2D eigenvalue weighted by Crippen LogP contribution is -2.44. The van der Waals surface area contributed by atoms with Crippen LogP contribution in [0.5, 0.6) is 23.0 Å². The number of benzene rings is 3. The van der Waals surface area contributed by atoms with Gasteiger partial charge in [0.15, 0.2) is 11.5 Å². The highest BCUT2D eigenvalue weighted by Crippen LogP contribution is 2.29. The summed E-state index contributed by atoms with van der Waals surface area (Å²) in [6.07, 6.45) is 4.11. The van der Waals surface area contributed by atoms with Crippen LogP contribution in [0.2, 0.25) is 0 Å². The van der Waals surface area contributed by atoms with Gasteiger partial charge >= 0.3 is 12.1 Å². The molecule has 1 aliphatic heterocycles. The lowest BCUT2D eigenvalue weighted by atomic mass is 10.1. The van der Waals surface area contributed by atoms with Crippen LogP contribution >= 0.6 is 0 Å². The SMILES string of the molecule is COc1ccc(C=CC(=O)Nc2ccccc2COc2cccc(OC3CCN(C(=O)OC(C)(C)C)CC3)c2)cc1OC(C)=O. The van der Waals surface area contributed by atoms with Crippen LogP contribution in [0, 0.1) is 0 Å². The summed E-state index contributed by atoms with van der Waals surface area (Å²) in [7, 11) is 1.48. The van der Waals surface area contributed by atoms with E-state index in [1.807, 2.05) is 63.2 Å². The number of ether oxygens (including phenoxy) is 5. The zero-order valence-corrected chi connectivity index (χ0v) is 26.3. The number of esters is 1. The molecule has 0 spiro atoms. The molecule has 1 saturated heterocycles. The molecule has 3 aromatic carbocycles. The highest BCUT2D eigenvalue weighted by molar-refractivity contribution is 6.02. The summed E-state index contributed by atoms with van der Waals surface area (Å²) in [5, 5.41) is 2.90. The first-order chi connectivity index (χ1) is 21.5. The van der Waals surface area contributed by atoms with Crippen molar-refractivity contribution in [2.75, 3.05) is 25.5 Å². The van der Waals surface area contributed by atoms with Gasteiger partial charge in [-0.25, -0.2) is 4.79 Å². The number of nitrogens with one attached hydrogen (secondary N) is 1. The molecule has 0 atom stereocenters. The third kappa shape index (κ3) is 10.3. The smallest absolute Gasteiger partial charge is 0.410 e. The number of rotatable bonds is 10. The van der Waals surface area contributed by atoms with Crippen molar-refractivity contribution < 1.29 is 38.1 Å². The van der Waals surface area contributed by atoms with Crippen molar-refractivity contribution in [3.05, 3.63) is 83.9 Å². The highest BCUT2D eigenvalue weighted by Gasteiger charge is 2.27. The Balaban J connectivity index is 1.31. The van der Waals surface area contributed by atoms with E-state index in [9.17, 15) is 14.4 Å². The maximum atomic E-state index is 12.8. The molecule has 0 saturated carbocycles. The van der Waals surface area contributed by atoms with E-state index >= 15 is 0 Å². The van der Waals surface area contributed by atoms with Gasteiger partial charge in [-0.3, -0.25) is 9.59 Å². The van der Waals surface area contributed by atoms with Crippen LogP contribution in [0.15, 0.2) is 72.8 Å². The minimum Gasteiger partial charge on any atom is -0.493 e. The average molecular weight is 617 g/mol. The lowest BCUT2D eigenvalue weighted by Gasteiger charge is -2.33. The number of hydrogen-bond donors (Lipinski definition) is 1. The highest BCUT2D eigenvalue weighted by atomic mass is 16.6. The molecule has 1 fully saturated rings. The standard InChI is InChI=1S/C35H40N2O8/c1-24(38)43-32-21-25(13-15-31(32)41-5)14-16-33(39)36-30-12-7-6-9-26(30)23-42-28-10-8-11-29(22-28)44-27-17-19-37(20-18-27)34(40)45-35(2,3)4/h6-16,21-22,27H,17-20,23H2,1-5H3,(H,36,39). The predicted molar refractivity (Wildman–Crippen MR) is 171 cm³/mol. The maximum absolute atomic E-state index is 12.8. The lowest BCUT2D eigenvalue weighted by molar-refractivity contribution is -0.132. The van der Waals surface area contributed by atoms with Gasteiger partial charge in [-0.05, 0) is 62.7 Å². The zero-order chi connectivity index (χ0) is 32.4. The number of carbonyl (C=O) groups excluding carboxylic acids is 3. The molecule has 238 valence electrons. The van der Waals surface area contributed by atoms with Crippen molar-refractivity contribution >= 4 is 29.7 Å². The summed E-state index contributed by atoms with van der Waals surface area (Å²) in [5.74, 6) is 1.20. The largest absolute Gasteiger partial charge is 0.493 e. The summed E-state index contributed by atoms with van der Waals surface area (Å²) >= 11 is 0. The first-order valence-electron chi connectivity index (χ1n) is 14.8. The monoisotopic (exact) mass is 616 g/mol. The van der Waals surface area contributed by atoms with Gasteiger partial charge in [-0.15, -0.1) is 0 Å². The molecule has 10 nitrogen and oxygen atoms in total. The number of nitrogens with zero attached hydrogens (tertiary/aromatic N) is 1. The fourth-order valence-electron chi connectivity index (χ4n) is 4.62. The zero-order valence-electron chi connectivity index (χ0n) is 26.3. The summed E-state index contributed by atoms with van der Waals surface area (Å²) in [6.45, 7) is 8.25. The Morgan fingerprint density at radius 3 is 2.38 bits per heavy atom. The van der Waals surface area contributed by atoms with E-state index in [2.05, 4.69) is 5.32 Å². The van der Waals surface area contributed by atoms with E-state index in [0.717, 1.165) is 5.56 Å². The first-order valence-corrected chi connectivity index (χ1v) is 14.8. The number of hydrogen-bond acceptors (Lipinski definition) is 8. The van der Waals surface area contributed by atoms with Crippen molar-refractivity contribution in [1.82, 2.24) is 4.90 Å². The Labute approximate surface area is 263 Å². The molecule has 0 radical (unpaired) electrons. The quantitative estimate of drug-likeness (QED) is 0.154. The summed E-state index contributed by atoms with van der Waals surface area (Å²) < 4.78 is 28.2. The van der Waals surface area contributed by atoms with Gasteiger partial charge in [0, 0.05) is 56.2 Å². The van der Waals surface area contributed by atoms with Gasteiger partial charge in [-0.1, -0.05) is 30.3 Å². The normalized spacial score (nSPS) is 13.7. The molecule has 0 aromatic heterocycles. The van der Waals surface area contributed by atoms with E-state index < -0.39 is 11.6 Å². The summed E-state index contributed by atoms with van der Waals surface area (Å²) in [4.78, 5) is 38.2. The third-order valence-electron chi connectivity index (χ3n) is 6.74. The Bertz CT molecular complexity index is 1520.